The summed E-state index contributed by atoms with van der Waals surface area (Å²) in [5, 5.41) is 6.28. The molecule has 1 aromatic heterocycles. The van der Waals surface area contributed by atoms with Gasteiger partial charge in [0, 0.05) is 18.0 Å². The van der Waals surface area contributed by atoms with E-state index in [4.69, 9.17) is 0 Å². The van der Waals surface area contributed by atoms with Gasteiger partial charge in [0.15, 0.2) is 0 Å². The Morgan fingerprint density at radius 1 is 1.56 bits per heavy atom. The number of carbonyl (C=O) groups is 1. The van der Waals surface area contributed by atoms with Crippen molar-refractivity contribution in [2.45, 2.75) is 19.3 Å². The minimum Gasteiger partial charge on any atom is -0.355 e. The van der Waals surface area contributed by atoms with Crippen LogP contribution in [0.15, 0.2) is 15.9 Å². The molecule has 1 aromatic rings. The topological polar surface area (TPSA) is 41.1 Å². The Bertz CT molecular complexity index is 380. The smallest absolute Gasteiger partial charge is 0.224 e. The fraction of sp³-hybridized carbons (Fsp3) is 0.583. The third kappa shape index (κ3) is 4.88. The minimum absolute atomic E-state index is 0. The van der Waals surface area contributed by atoms with Crippen molar-refractivity contribution in [3.8, 4) is 0 Å². The van der Waals surface area contributed by atoms with Crippen LogP contribution in [0.1, 0.15) is 17.7 Å². The lowest BCUT2D eigenvalue weighted by atomic mass is 9.99. The molecule has 2 rings (SSSR count). The molecule has 0 unspecified atom stereocenters. The van der Waals surface area contributed by atoms with Crippen molar-refractivity contribution >= 4 is 45.6 Å². The van der Waals surface area contributed by atoms with E-state index in [-0.39, 0.29) is 24.2 Å². The van der Waals surface area contributed by atoms with E-state index in [1.807, 2.05) is 6.07 Å². The van der Waals surface area contributed by atoms with E-state index in [1.165, 1.54) is 4.88 Å². The van der Waals surface area contributed by atoms with Crippen LogP contribution in [-0.4, -0.2) is 25.5 Å². The number of halogens is 2. The fourth-order valence-corrected chi connectivity index (χ4v) is 3.50. The quantitative estimate of drug-likeness (QED) is 0.873. The maximum Gasteiger partial charge on any atom is 0.224 e. The lowest BCUT2D eigenvalue weighted by molar-refractivity contribution is -0.125. The molecule has 0 aromatic carbocycles. The first-order valence-electron chi connectivity index (χ1n) is 5.98. The molecule has 2 N–H and O–H groups in total. The number of carbonyl (C=O) groups excluding carboxylic acids is 1. The Kier molecular flexibility index (Phi) is 7.22. The van der Waals surface area contributed by atoms with Crippen LogP contribution in [0, 0.1) is 5.92 Å². The van der Waals surface area contributed by atoms with Crippen molar-refractivity contribution in [2.24, 2.45) is 5.92 Å². The number of piperidine rings is 1. The van der Waals surface area contributed by atoms with Gasteiger partial charge < -0.3 is 10.6 Å². The molecule has 3 nitrogen and oxygen atoms in total. The van der Waals surface area contributed by atoms with Gasteiger partial charge in [-0.3, -0.25) is 4.79 Å². The SMILES string of the molecule is Cl.O=C(NCCc1ccc(Br)s1)[C@@H]1CCCNC1. The van der Waals surface area contributed by atoms with Crippen LogP contribution >= 0.6 is 39.7 Å². The molecular weight excluding hydrogens is 336 g/mol. The molecule has 0 radical (unpaired) electrons. The van der Waals surface area contributed by atoms with Gasteiger partial charge in [-0.2, -0.15) is 0 Å². The zero-order valence-corrected chi connectivity index (χ0v) is 13.3. The largest absolute Gasteiger partial charge is 0.355 e. The molecule has 1 atom stereocenters. The van der Waals surface area contributed by atoms with Crippen molar-refractivity contribution in [3.05, 3.63) is 20.8 Å². The molecular formula is C12H18BrClN2OS. The van der Waals surface area contributed by atoms with Gasteiger partial charge in [0.05, 0.1) is 9.70 Å². The molecule has 0 saturated carbocycles. The summed E-state index contributed by atoms with van der Waals surface area (Å²) in [6.45, 7) is 2.62. The molecule has 1 aliphatic rings. The number of nitrogens with one attached hydrogen (secondary N) is 2. The summed E-state index contributed by atoms with van der Waals surface area (Å²) >= 11 is 5.17. The highest BCUT2D eigenvalue weighted by Gasteiger charge is 2.20. The molecule has 1 fully saturated rings. The Labute approximate surface area is 126 Å². The zero-order valence-electron chi connectivity index (χ0n) is 10.1. The highest BCUT2D eigenvalue weighted by atomic mass is 79.9. The molecule has 1 amide bonds. The Balaban J connectivity index is 0.00000162. The molecule has 0 aliphatic carbocycles. The Hall–Kier alpha value is -0.100. The van der Waals surface area contributed by atoms with E-state index < -0.39 is 0 Å². The monoisotopic (exact) mass is 352 g/mol. The van der Waals surface area contributed by atoms with Gasteiger partial charge in [-0.15, -0.1) is 23.7 Å². The van der Waals surface area contributed by atoms with E-state index in [0.717, 1.165) is 42.7 Å². The van der Waals surface area contributed by atoms with Gasteiger partial charge in [-0.1, -0.05) is 0 Å². The van der Waals surface area contributed by atoms with Crippen molar-refractivity contribution in [3.63, 3.8) is 0 Å². The summed E-state index contributed by atoms with van der Waals surface area (Å²) < 4.78 is 1.15. The van der Waals surface area contributed by atoms with Crippen molar-refractivity contribution < 1.29 is 4.79 Å². The van der Waals surface area contributed by atoms with Crippen LogP contribution in [0.2, 0.25) is 0 Å². The lowest BCUT2D eigenvalue weighted by Crippen LogP contribution is -2.41. The van der Waals surface area contributed by atoms with Crippen LogP contribution in [0.4, 0.5) is 0 Å². The van der Waals surface area contributed by atoms with Crippen molar-refractivity contribution in [2.75, 3.05) is 19.6 Å². The second kappa shape index (κ2) is 8.15. The number of amides is 1. The van der Waals surface area contributed by atoms with Crippen LogP contribution in [-0.2, 0) is 11.2 Å². The molecule has 102 valence electrons. The fourth-order valence-electron chi connectivity index (χ4n) is 2.01. The molecule has 0 spiro atoms. The number of thiophene rings is 1. The second-order valence-electron chi connectivity index (χ2n) is 4.29. The highest BCUT2D eigenvalue weighted by molar-refractivity contribution is 9.11. The third-order valence-corrected chi connectivity index (χ3v) is 4.65. The maximum atomic E-state index is 11.8. The average molecular weight is 354 g/mol. The minimum atomic E-state index is 0. The van der Waals surface area contributed by atoms with Gasteiger partial charge in [0.2, 0.25) is 5.91 Å². The van der Waals surface area contributed by atoms with Crippen LogP contribution in [0.3, 0.4) is 0 Å². The number of rotatable bonds is 4. The van der Waals surface area contributed by atoms with Gasteiger partial charge in [0.25, 0.3) is 0 Å². The van der Waals surface area contributed by atoms with Gasteiger partial charge in [-0.05, 0) is 53.9 Å². The van der Waals surface area contributed by atoms with Crippen molar-refractivity contribution in [1.29, 1.82) is 0 Å². The van der Waals surface area contributed by atoms with Gasteiger partial charge >= 0.3 is 0 Å². The number of hydrogen-bond donors (Lipinski definition) is 2. The van der Waals surface area contributed by atoms with Gasteiger partial charge in [-0.25, -0.2) is 0 Å². The highest BCUT2D eigenvalue weighted by Crippen LogP contribution is 2.22. The normalized spacial score (nSPS) is 19.1. The summed E-state index contributed by atoms with van der Waals surface area (Å²) in [6.07, 6.45) is 3.04. The second-order valence-corrected chi connectivity index (χ2v) is 6.84. The van der Waals surface area contributed by atoms with E-state index in [0.29, 0.717) is 0 Å². The predicted octanol–water partition coefficient (Wildman–Crippen LogP) is 2.59. The van der Waals surface area contributed by atoms with Crippen LogP contribution < -0.4 is 10.6 Å². The number of hydrogen-bond acceptors (Lipinski definition) is 3. The van der Waals surface area contributed by atoms with Gasteiger partial charge in [0.1, 0.15) is 0 Å². The average Bonchev–Trinajstić information content (AvgIpc) is 2.76. The first-order chi connectivity index (χ1) is 8.25. The summed E-state index contributed by atoms with van der Waals surface area (Å²) in [7, 11) is 0. The first-order valence-corrected chi connectivity index (χ1v) is 7.59. The third-order valence-electron chi connectivity index (χ3n) is 2.97. The summed E-state index contributed by atoms with van der Waals surface area (Å²) in [4.78, 5) is 13.1. The molecule has 6 heteroatoms. The molecule has 1 saturated heterocycles. The predicted molar refractivity (Wildman–Crippen MR) is 81.6 cm³/mol. The van der Waals surface area contributed by atoms with E-state index in [1.54, 1.807) is 11.3 Å². The summed E-state index contributed by atoms with van der Waals surface area (Å²) in [5.41, 5.74) is 0. The molecule has 0 bridgehead atoms. The summed E-state index contributed by atoms with van der Waals surface area (Å²) in [6, 6.07) is 4.15. The Morgan fingerprint density at radius 3 is 3.00 bits per heavy atom. The molecule has 1 aliphatic heterocycles. The van der Waals surface area contributed by atoms with E-state index in [2.05, 4.69) is 32.6 Å². The Morgan fingerprint density at radius 2 is 2.39 bits per heavy atom. The van der Waals surface area contributed by atoms with Crippen LogP contribution in [0.5, 0.6) is 0 Å². The van der Waals surface area contributed by atoms with Crippen LogP contribution in [0.25, 0.3) is 0 Å². The zero-order chi connectivity index (χ0) is 12.1. The van der Waals surface area contributed by atoms with Crippen molar-refractivity contribution in [1.82, 2.24) is 10.6 Å². The first kappa shape index (κ1) is 16.0. The standard InChI is InChI=1S/C12H17BrN2OS.ClH/c13-11-4-3-10(17-11)5-7-15-12(16)9-2-1-6-14-8-9;/h3-4,9,14H,1-2,5-8H2,(H,15,16);1H/t9-;/m1./s1. The molecule has 2 heterocycles. The van der Waals surface area contributed by atoms with E-state index >= 15 is 0 Å². The lowest BCUT2D eigenvalue weighted by Gasteiger charge is -2.21. The summed E-state index contributed by atoms with van der Waals surface area (Å²) in [5.74, 6) is 0.367. The molecule has 18 heavy (non-hydrogen) atoms. The maximum absolute atomic E-state index is 11.8. The van der Waals surface area contributed by atoms with E-state index in [9.17, 15) is 4.79 Å².